The summed E-state index contributed by atoms with van der Waals surface area (Å²) in [5.41, 5.74) is 2.50. The van der Waals surface area contributed by atoms with Crippen molar-refractivity contribution < 1.29 is 4.57 Å². The third-order valence-corrected chi connectivity index (χ3v) is 3.54. The molecule has 0 bridgehead atoms. The molecule has 0 aromatic carbocycles. The highest BCUT2D eigenvalue weighted by Crippen LogP contribution is 2.19. The van der Waals surface area contributed by atoms with Crippen molar-refractivity contribution in [2.75, 3.05) is 0 Å². The van der Waals surface area contributed by atoms with Crippen LogP contribution in [0.4, 0.5) is 0 Å². The lowest BCUT2D eigenvalue weighted by Crippen LogP contribution is -2.52. The van der Waals surface area contributed by atoms with Gasteiger partial charge in [0.1, 0.15) is 0 Å². The fourth-order valence-electron chi connectivity index (χ4n) is 2.07. The first-order valence-corrected chi connectivity index (χ1v) is 6.44. The van der Waals surface area contributed by atoms with Crippen LogP contribution < -0.4 is 4.57 Å². The summed E-state index contributed by atoms with van der Waals surface area (Å²) in [6.07, 6.45) is 8.06. The minimum absolute atomic E-state index is 0.0796. The summed E-state index contributed by atoms with van der Waals surface area (Å²) >= 11 is 0. The van der Waals surface area contributed by atoms with Crippen LogP contribution in [0, 0.1) is 0 Å². The molecule has 0 N–H and O–H groups in total. The van der Waals surface area contributed by atoms with Crippen LogP contribution in [0.25, 0.3) is 0 Å². The van der Waals surface area contributed by atoms with Gasteiger partial charge in [0, 0.05) is 43.9 Å². The molecule has 2 heteroatoms. The van der Waals surface area contributed by atoms with Crippen LogP contribution in [0.3, 0.4) is 0 Å². The second-order valence-electron chi connectivity index (χ2n) is 5.49. The topological polar surface area (TPSA) is 16.8 Å². The summed E-state index contributed by atoms with van der Waals surface area (Å²) in [7, 11) is 0. The maximum Gasteiger partial charge on any atom is 0.189 e. The molecule has 0 saturated carbocycles. The Hall–Kier alpha value is -1.70. The predicted molar refractivity (Wildman–Crippen MR) is 73.4 cm³/mol. The first-order valence-electron chi connectivity index (χ1n) is 6.44. The molecular weight excluding hydrogens is 220 g/mol. The molecule has 0 radical (unpaired) electrons. The number of rotatable bonds is 3. The van der Waals surface area contributed by atoms with E-state index in [-0.39, 0.29) is 5.54 Å². The van der Waals surface area contributed by atoms with Crippen LogP contribution in [0.15, 0.2) is 49.1 Å². The second-order valence-corrected chi connectivity index (χ2v) is 5.49. The quantitative estimate of drug-likeness (QED) is 0.754. The molecule has 0 aliphatic heterocycles. The van der Waals surface area contributed by atoms with Crippen LogP contribution in [0.5, 0.6) is 0 Å². The van der Waals surface area contributed by atoms with Crippen LogP contribution in [-0.4, -0.2) is 4.98 Å². The van der Waals surface area contributed by atoms with Gasteiger partial charge in [0.2, 0.25) is 0 Å². The molecule has 94 valence electrons. The highest BCUT2D eigenvalue weighted by molar-refractivity contribution is 5.17. The molecule has 0 atom stereocenters. The van der Waals surface area contributed by atoms with E-state index in [9.17, 15) is 0 Å². The Morgan fingerprint density at radius 2 is 1.78 bits per heavy atom. The Bertz CT molecular complexity index is 498. The first kappa shape index (κ1) is 12.7. The average molecular weight is 241 g/mol. The van der Waals surface area contributed by atoms with Gasteiger partial charge in [0.15, 0.2) is 17.9 Å². The van der Waals surface area contributed by atoms with Crippen LogP contribution in [0.1, 0.15) is 44.7 Å². The Labute approximate surface area is 109 Å². The third-order valence-electron chi connectivity index (χ3n) is 3.54. The van der Waals surface area contributed by atoms with Gasteiger partial charge >= 0.3 is 0 Å². The fourth-order valence-corrected chi connectivity index (χ4v) is 2.07. The lowest BCUT2D eigenvalue weighted by molar-refractivity contribution is -0.747. The molecule has 0 unspecified atom stereocenters. The number of aromatic nitrogens is 2. The molecule has 2 heterocycles. The van der Waals surface area contributed by atoms with Gasteiger partial charge in [-0.15, -0.1) is 0 Å². The molecule has 0 saturated heterocycles. The van der Waals surface area contributed by atoms with Gasteiger partial charge in [-0.05, 0) is 23.6 Å². The number of nitrogens with zero attached hydrogens (tertiary/aromatic N) is 2. The highest BCUT2D eigenvalue weighted by atomic mass is 15.0. The Kier molecular flexibility index (Phi) is 3.46. The predicted octanol–water partition coefficient (Wildman–Crippen LogP) is 3.28. The Morgan fingerprint density at radius 3 is 2.28 bits per heavy atom. The zero-order valence-electron chi connectivity index (χ0n) is 11.6. The molecule has 18 heavy (non-hydrogen) atoms. The normalized spacial score (nSPS) is 11.8. The van der Waals surface area contributed by atoms with E-state index in [0.29, 0.717) is 5.92 Å². The molecule has 2 rings (SSSR count). The van der Waals surface area contributed by atoms with Crippen molar-refractivity contribution in [3.8, 4) is 0 Å². The van der Waals surface area contributed by atoms with Crippen molar-refractivity contribution in [1.29, 1.82) is 0 Å². The van der Waals surface area contributed by atoms with Crippen molar-refractivity contribution >= 4 is 0 Å². The molecule has 0 fully saturated rings. The van der Waals surface area contributed by atoms with E-state index in [4.69, 9.17) is 0 Å². The van der Waals surface area contributed by atoms with Crippen molar-refractivity contribution in [3.05, 3.63) is 60.2 Å². The van der Waals surface area contributed by atoms with E-state index in [1.807, 2.05) is 18.5 Å². The van der Waals surface area contributed by atoms with E-state index >= 15 is 0 Å². The van der Waals surface area contributed by atoms with Crippen molar-refractivity contribution in [2.45, 2.75) is 39.2 Å². The first-order chi connectivity index (χ1) is 8.51. The van der Waals surface area contributed by atoms with Crippen LogP contribution >= 0.6 is 0 Å². The Balaban J connectivity index is 2.36. The minimum atomic E-state index is -0.0796. The van der Waals surface area contributed by atoms with Crippen LogP contribution in [-0.2, 0) is 5.54 Å². The van der Waals surface area contributed by atoms with Crippen molar-refractivity contribution in [1.82, 2.24) is 4.98 Å². The van der Waals surface area contributed by atoms with E-state index in [1.54, 1.807) is 0 Å². The second kappa shape index (κ2) is 4.89. The molecule has 0 spiro atoms. The van der Waals surface area contributed by atoms with E-state index < -0.39 is 0 Å². The molecule has 2 aromatic rings. The SMILES string of the molecule is CC(C)c1cc[n+](C(C)(C)c2cccnc2)cc1. The molecular formula is C16H21N2+. The molecule has 0 aliphatic carbocycles. The van der Waals surface area contributed by atoms with Crippen molar-refractivity contribution in [3.63, 3.8) is 0 Å². The van der Waals surface area contributed by atoms with Crippen LogP contribution in [0.2, 0.25) is 0 Å². The standard InChI is InChI=1S/C16H21N2/c1-13(2)14-7-10-18(11-8-14)16(3,4)15-6-5-9-17-12-15/h5-13H,1-4H3/q+1. The summed E-state index contributed by atoms with van der Waals surface area (Å²) in [5, 5.41) is 0. The fraction of sp³-hybridized carbons (Fsp3) is 0.375. The lowest BCUT2D eigenvalue weighted by atomic mass is 9.95. The summed E-state index contributed by atoms with van der Waals surface area (Å²) in [6, 6.07) is 8.50. The molecule has 0 aliphatic rings. The van der Waals surface area contributed by atoms with Gasteiger partial charge in [0.25, 0.3) is 0 Å². The van der Waals surface area contributed by atoms with Gasteiger partial charge in [-0.25, -0.2) is 0 Å². The largest absolute Gasteiger partial charge is 0.264 e. The summed E-state index contributed by atoms with van der Waals surface area (Å²) in [4.78, 5) is 4.21. The third kappa shape index (κ3) is 2.42. The maximum absolute atomic E-state index is 4.21. The number of pyridine rings is 2. The number of hydrogen-bond donors (Lipinski definition) is 0. The molecule has 2 nitrogen and oxygen atoms in total. The Morgan fingerprint density at radius 1 is 1.11 bits per heavy atom. The summed E-state index contributed by atoms with van der Waals surface area (Å²) in [5.74, 6) is 0.571. The number of hydrogen-bond acceptors (Lipinski definition) is 1. The van der Waals surface area contributed by atoms with E-state index in [2.05, 4.69) is 67.8 Å². The average Bonchev–Trinajstić information content (AvgIpc) is 2.40. The van der Waals surface area contributed by atoms with E-state index in [1.165, 1.54) is 11.1 Å². The van der Waals surface area contributed by atoms with Gasteiger partial charge in [-0.3, -0.25) is 4.98 Å². The van der Waals surface area contributed by atoms with Gasteiger partial charge in [0.05, 0.1) is 0 Å². The van der Waals surface area contributed by atoms with Gasteiger partial charge < -0.3 is 0 Å². The minimum Gasteiger partial charge on any atom is -0.264 e. The zero-order chi connectivity index (χ0) is 13.2. The summed E-state index contributed by atoms with van der Waals surface area (Å²) in [6.45, 7) is 8.84. The van der Waals surface area contributed by atoms with Gasteiger partial charge in [-0.2, -0.15) is 4.57 Å². The smallest absolute Gasteiger partial charge is 0.189 e. The van der Waals surface area contributed by atoms with Gasteiger partial charge in [-0.1, -0.05) is 13.8 Å². The lowest BCUT2D eigenvalue weighted by Gasteiger charge is -2.19. The summed E-state index contributed by atoms with van der Waals surface area (Å²) < 4.78 is 2.23. The van der Waals surface area contributed by atoms with Crippen molar-refractivity contribution in [2.24, 2.45) is 0 Å². The maximum atomic E-state index is 4.21. The van der Waals surface area contributed by atoms with E-state index in [0.717, 1.165) is 0 Å². The monoisotopic (exact) mass is 241 g/mol. The zero-order valence-corrected chi connectivity index (χ0v) is 11.6. The molecule has 0 amide bonds. The molecule has 2 aromatic heterocycles. The highest BCUT2D eigenvalue weighted by Gasteiger charge is 2.30.